The summed E-state index contributed by atoms with van der Waals surface area (Å²) in [6.07, 6.45) is 55.9. The number of nitrogens with zero attached hydrogens (tertiary/aromatic N) is 1. The molecule has 2 unspecified atom stereocenters. The van der Waals surface area contributed by atoms with Crippen LogP contribution in [0.1, 0.15) is 309 Å². The van der Waals surface area contributed by atoms with Crippen LogP contribution < -0.4 is 5.11 Å². The number of carbonyl (C=O) groups is 3. The third kappa shape index (κ3) is 53.9. The lowest BCUT2D eigenvalue weighted by atomic mass is 10.0. The number of carbonyl (C=O) groups excluding carboxylic acids is 3. The molecule has 2 atom stereocenters. The maximum Gasteiger partial charge on any atom is 0.306 e. The number of esters is 2. The van der Waals surface area contributed by atoms with Gasteiger partial charge in [0.05, 0.1) is 40.3 Å². The first kappa shape index (κ1) is 67.3. The zero-order valence-corrected chi connectivity index (χ0v) is 46.7. The van der Waals surface area contributed by atoms with E-state index in [2.05, 4.69) is 13.8 Å². The van der Waals surface area contributed by atoms with E-state index in [0.29, 0.717) is 17.4 Å². The van der Waals surface area contributed by atoms with Crippen molar-refractivity contribution in [3.05, 3.63) is 0 Å². The molecule has 0 amide bonds. The molecule has 0 aliphatic carbocycles. The highest BCUT2D eigenvalue weighted by molar-refractivity contribution is 5.70. The van der Waals surface area contributed by atoms with Crippen LogP contribution >= 0.6 is 0 Å². The van der Waals surface area contributed by atoms with Gasteiger partial charge in [0.2, 0.25) is 0 Å². The van der Waals surface area contributed by atoms with Gasteiger partial charge < -0.3 is 33.3 Å². The Morgan fingerprint density at radius 3 is 0.928 bits per heavy atom. The van der Waals surface area contributed by atoms with Crippen molar-refractivity contribution in [3.63, 3.8) is 0 Å². The quantitative estimate of drug-likeness (QED) is 0.0256. The molecule has 410 valence electrons. The molecule has 0 fully saturated rings. The highest BCUT2D eigenvalue weighted by atomic mass is 16.7. The highest BCUT2D eigenvalue weighted by Crippen LogP contribution is 2.18. The van der Waals surface area contributed by atoms with Gasteiger partial charge in [-0.05, 0) is 12.8 Å². The first-order chi connectivity index (χ1) is 33.6. The smallest absolute Gasteiger partial charge is 0.306 e. The van der Waals surface area contributed by atoms with Gasteiger partial charge in [0, 0.05) is 12.8 Å². The van der Waals surface area contributed by atoms with E-state index in [9.17, 15) is 19.5 Å². The van der Waals surface area contributed by atoms with E-state index >= 15 is 0 Å². The summed E-state index contributed by atoms with van der Waals surface area (Å²) in [6, 6.07) is 0. The molecule has 0 saturated heterocycles. The molecule has 0 aromatic heterocycles. The molecule has 0 aromatic rings. The second-order valence-electron chi connectivity index (χ2n) is 22.0. The molecule has 0 saturated carbocycles. The zero-order valence-electron chi connectivity index (χ0n) is 46.7. The summed E-state index contributed by atoms with van der Waals surface area (Å²) in [7, 11) is 5.94. The molecule has 0 rings (SSSR count). The maximum absolute atomic E-state index is 12.9. The van der Waals surface area contributed by atoms with Crippen LogP contribution in [0.15, 0.2) is 0 Å². The molecule has 0 bridgehead atoms. The summed E-state index contributed by atoms with van der Waals surface area (Å²) in [4.78, 5) is 37.3. The van der Waals surface area contributed by atoms with Crippen LogP contribution in [0.5, 0.6) is 0 Å². The Balaban J connectivity index is 4.14. The molecule has 9 heteroatoms. The molecule has 0 N–H and O–H groups in total. The first-order valence-corrected chi connectivity index (χ1v) is 30.2. The van der Waals surface area contributed by atoms with E-state index in [1.807, 2.05) is 21.1 Å². The third-order valence-corrected chi connectivity index (χ3v) is 13.9. The Morgan fingerprint density at radius 1 is 0.377 bits per heavy atom. The molecule has 0 spiro atoms. The molecule has 9 nitrogen and oxygen atoms in total. The lowest BCUT2D eigenvalue weighted by Gasteiger charge is -2.26. The van der Waals surface area contributed by atoms with Crippen molar-refractivity contribution >= 4 is 17.9 Å². The van der Waals surface area contributed by atoms with Gasteiger partial charge in [0.15, 0.2) is 12.4 Å². The first-order valence-electron chi connectivity index (χ1n) is 30.2. The minimum absolute atomic E-state index is 0.153. The zero-order chi connectivity index (χ0) is 50.6. The SMILES string of the molecule is CCCCCCCCCCCCCCCCCCCCCCCCCCCCC(=O)OC(COC(=O)CCCCCCCCCCCCCCCCCCCC)COC(OCC[N+](C)(C)C)C(=O)[O-]. The monoisotopic (exact) mass is 980 g/mol. The van der Waals surface area contributed by atoms with Crippen molar-refractivity contribution in [2.45, 2.75) is 322 Å². The van der Waals surface area contributed by atoms with E-state index in [0.717, 1.165) is 38.5 Å². The molecule has 0 aromatic carbocycles. The van der Waals surface area contributed by atoms with Crippen LogP contribution in [0.25, 0.3) is 0 Å². The predicted octanol–water partition coefficient (Wildman–Crippen LogP) is 16.2. The Hall–Kier alpha value is -1.71. The van der Waals surface area contributed by atoms with E-state index in [1.54, 1.807) is 0 Å². The molecule has 0 aliphatic rings. The Morgan fingerprint density at radius 2 is 0.652 bits per heavy atom. The number of likely N-dealkylation sites (N-methyl/N-ethyl adjacent to an activating group) is 1. The predicted molar refractivity (Wildman–Crippen MR) is 288 cm³/mol. The van der Waals surface area contributed by atoms with E-state index in [1.165, 1.54) is 244 Å². The van der Waals surface area contributed by atoms with E-state index in [-0.39, 0.29) is 32.2 Å². The van der Waals surface area contributed by atoms with Crippen molar-refractivity contribution in [2.24, 2.45) is 0 Å². The number of carboxylic acid groups (broad SMARTS) is 1. The number of carboxylic acids is 1. The Bertz CT molecular complexity index is 1100. The topological polar surface area (TPSA) is 111 Å². The second kappa shape index (κ2) is 52.6. The molecule has 0 aliphatic heterocycles. The van der Waals surface area contributed by atoms with Crippen LogP contribution in [0.4, 0.5) is 0 Å². The standard InChI is InChI=1S/C60H117NO8/c1-6-8-10-12-14-16-18-20-22-24-26-27-28-29-30-31-32-33-35-37-39-41-43-45-47-49-51-58(63)69-56(55-68-60(59(64)65)66-53-52-61(3,4)5)54-67-57(62)50-48-46-44-42-40-38-36-34-25-23-21-19-17-15-13-11-9-7-2/h56,60H,6-55H2,1-5H3. The lowest BCUT2D eigenvalue weighted by molar-refractivity contribution is -0.870. The number of hydrogen-bond donors (Lipinski definition) is 0. The summed E-state index contributed by atoms with van der Waals surface area (Å²) < 4.78 is 22.7. The van der Waals surface area contributed by atoms with Gasteiger partial charge in [-0.15, -0.1) is 0 Å². The van der Waals surface area contributed by atoms with Crippen molar-refractivity contribution in [1.29, 1.82) is 0 Å². The van der Waals surface area contributed by atoms with Gasteiger partial charge in [0.25, 0.3) is 0 Å². The van der Waals surface area contributed by atoms with Crippen molar-refractivity contribution < 1.29 is 42.9 Å². The van der Waals surface area contributed by atoms with Crippen molar-refractivity contribution in [3.8, 4) is 0 Å². The van der Waals surface area contributed by atoms with Crippen LogP contribution in [-0.4, -0.2) is 82.3 Å². The van der Waals surface area contributed by atoms with E-state index < -0.39 is 24.3 Å². The summed E-state index contributed by atoms with van der Waals surface area (Å²) in [5.74, 6) is -2.25. The number of hydrogen-bond acceptors (Lipinski definition) is 8. The van der Waals surface area contributed by atoms with Gasteiger partial charge in [-0.25, -0.2) is 0 Å². The molecule has 69 heavy (non-hydrogen) atoms. The van der Waals surface area contributed by atoms with Gasteiger partial charge in [-0.2, -0.15) is 0 Å². The minimum Gasteiger partial charge on any atom is -0.545 e. The number of quaternary nitrogens is 1. The number of rotatable bonds is 57. The Kier molecular flexibility index (Phi) is 51.3. The maximum atomic E-state index is 12.9. The molecular weight excluding hydrogens is 863 g/mol. The van der Waals surface area contributed by atoms with Crippen molar-refractivity contribution in [2.75, 3.05) is 47.5 Å². The molecule has 0 heterocycles. The number of unbranched alkanes of at least 4 members (excludes halogenated alkanes) is 42. The van der Waals surface area contributed by atoms with Gasteiger partial charge in [-0.1, -0.05) is 284 Å². The lowest BCUT2D eigenvalue weighted by Crippen LogP contribution is -2.44. The summed E-state index contributed by atoms with van der Waals surface area (Å²) in [5, 5.41) is 11.8. The molecular formula is C60H117NO8. The average molecular weight is 981 g/mol. The second-order valence-corrected chi connectivity index (χ2v) is 22.0. The highest BCUT2D eigenvalue weighted by Gasteiger charge is 2.22. The number of ether oxygens (including phenoxy) is 4. The van der Waals surface area contributed by atoms with Crippen LogP contribution in [0, 0.1) is 0 Å². The van der Waals surface area contributed by atoms with Crippen molar-refractivity contribution in [1.82, 2.24) is 0 Å². The molecule has 0 radical (unpaired) electrons. The average Bonchev–Trinajstić information content (AvgIpc) is 3.31. The normalized spacial score (nSPS) is 12.7. The minimum atomic E-state index is -1.61. The Labute approximate surface area is 428 Å². The fraction of sp³-hybridized carbons (Fsp3) is 0.950. The largest absolute Gasteiger partial charge is 0.545 e. The summed E-state index contributed by atoms with van der Waals surface area (Å²) in [5.41, 5.74) is 0. The van der Waals surface area contributed by atoms with Gasteiger partial charge in [0.1, 0.15) is 13.2 Å². The fourth-order valence-corrected chi connectivity index (χ4v) is 9.19. The fourth-order valence-electron chi connectivity index (χ4n) is 9.19. The third-order valence-electron chi connectivity index (χ3n) is 13.9. The van der Waals surface area contributed by atoms with Gasteiger partial charge >= 0.3 is 11.9 Å². The summed E-state index contributed by atoms with van der Waals surface area (Å²) >= 11 is 0. The van der Waals surface area contributed by atoms with E-state index in [4.69, 9.17) is 18.9 Å². The summed E-state index contributed by atoms with van der Waals surface area (Å²) in [6.45, 7) is 4.82. The van der Waals surface area contributed by atoms with Crippen LogP contribution in [0.3, 0.4) is 0 Å². The van der Waals surface area contributed by atoms with Crippen LogP contribution in [0.2, 0.25) is 0 Å². The van der Waals surface area contributed by atoms with Gasteiger partial charge in [-0.3, -0.25) is 9.59 Å². The number of aliphatic carboxylic acids is 1. The van der Waals surface area contributed by atoms with Crippen LogP contribution in [-0.2, 0) is 33.3 Å².